The molecule has 0 bridgehead atoms. The summed E-state index contributed by atoms with van der Waals surface area (Å²) in [6.45, 7) is 2.55. The molecule has 2 heterocycles. The zero-order valence-corrected chi connectivity index (χ0v) is 11.1. The van der Waals surface area contributed by atoms with Gasteiger partial charge in [0.15, 0.2) is 11.6 Å². The summed E-state index contributed by atoms with van der Waals surface area (Å²) in [6.07, 6.45) is -3.06. The number of carbonyl (C=O) groups is 1. The highest BCUT2D eigenvalue weighted by atomic mass is 19.4. The summed E-state index contributed by atoms with van der Waals surface area (Å²) in [6, 6.07) is 0.0322. The van der Waals surface area contributed by atoms with E-state index in [0.29, 0.717) is 17.1 Å². The fourth-order valence-corrected chi connectivity index (χ4v) is 1.53. The van der Waals surface area contributed by atoms with Gasteiger partial charge in [0.25, 0.3) is 0 Å². The Bertz CT molecular complexity index is 633. The van der Waals surface area contributed by atoms with E-state index in [-0.39, 0.29) is 5.82 Å². The maximum absolute atomic E-state index is 12.3. The monoisotopic (exact) mass is 303 g/mol. The van der Waals surface area contributed by atoms with Gasteiger partial charge in [-0.3, -0.25) is 5.32 Å². The molecule has 0 radical (unpaired) electrons. The third-order valence-electron chi connectivity index (χ3n) is 2.71. The number of halogens is 3. The highest BCUT2D eigenvalue weighted by Crippen LogP contribution is 2.26. The second kappa shape index (κ2) is 5.51. The second-order valence-corrected chi connectivity index (χ2v) is 4.33. The lowest BCUT2D eigenvalue weighted by Crippen LogP contribution is -2.45. The summed E-state index contributed by atoms with van der Waals surface area (Å²) in [5, 5.41) is 7.46. The molecule has 0 fully saturated rings. The third kappa shape index (κ3) is 3.56. The van der Waals surface area contributed by atoms with E-state index in [4.69, 9.17) is 8.94 Å². The molecule has 21 heavy (non-hydrogen) atoms. The maximum Gasteiger partial charge on any atom is 0.408 e. The molecule has 1 atom stereocenters. The topological polar surface area (TPSA) is 80.3 Å². The fraction of sp³-hybridized carbons (Fsp3) is 0.333. The Morgan fingerprint density at radius 3 is 2.71 bits per heavy atom. The lowest BCUT2D eigenvalue weighted by Gasteiger charge is -2.16. The van der Waals surface area contributed by atoms with Crippen LogP contribution < -0.4 is 10.6 Å². The van der Waals surface area contributed by atoms with Crippen molar-refractivity contribution in [1.29, 1.82) is 0 Å². The van der Waals surface area contributed by atoms with Gasteiger partial charge in [-0.15, -0.1) is 0 Å². The minimum atomic E-state index is -4.51. The predicted molar refractivity (Wildman–Crippen MR) is 66.6 cm³/mol. The SMILES string of the molecule is Cc1occc1-c1cc(NC(=O)N[C@H](C)C(F)(F)F)no1. The average Bonchev–Trinajstić information content (AvgIpc) is 2.96. The van der Waals surface area contributed by atoms with Crippen LogP contribution in [-0.4, -0.2) is 23.4 Å². The molecule has 6 nitrogen and oxygen atoms in total. The summed E-state index contributed by atoms with van der Waals surface area (Å²) in [5.41, 5.74) is 0.639. The van der Waals surface area contributed by atoms with Crippen molar-refractivity contribution in [2.45, 2.75) is 26.1 Å². The van der Waals surface area contributed by atoms with Crippen LogP contribution >= 0.6 is 0 Å². The Kier molecular flexibility index (Phi) is 3.92. The lowest BCUT2D eigenvalue weighted by molar-refractivity contribution is -0.148. The van der Waals surface area contributed by atoms with Crippen molar-refractivity contribution in [3.05, 3.63) is 24.2 Å². The minimum absolute atomic E-state index is 0.00234. The van der Waals surface area contributed by atoms with Gasteiger partial charge in [0.1, 0.15) is 11.8 Å². The number of aryl methyl sites for hydroxylation is 1. The highest BCUT2D eigenvalue weighted by Gasteiger charge is 2.37. The van der Waals surface area contributed by atoms with E-state index in [9.17, 15) is 18.0 Å². The zero-order chi connectivity index (χ0) is 15.6. The minimum Gasteiger partial charge on any atom is -0.469 e. The highest BCUT2D eigenvalue weighted by molar-refractivity contribution is 5.88. The Morgan fingerprint density at radius 2 is 2.14 bits per heavy atom. The van der Waals surface area contributed by atoms with Crippen LogP contribution in [0.25, 0.3) is 11.3 Å². The van der Waals surface area contributed by atoms with Crippen molar-refractivity contribution in [3.8, 4) is 11.3 Å². The molecule has 114 valence electrons. The van der Waals surface area contributed by atoms with Gasteiger partial charge in [-0.05, 0) is 19.9 Å². The molecule has 2 N–H and O–H groups in total. The van der Waals surface area contributed by atoms with Crippen LogP contribution in [-0.2, 0) is 0 Å². The van der Waals surface area contributed by atoms with Crippen LogP contribution in [0.3, 0.4) is 0 Å². The van der Waals surface area contributed by atoms with E-state index in [1.807, 2.05) is 0 Å². The summed E-state index contributed by atoms with van der Waals surface area (Å²) in [5.74, 6) is 0.922. The molecule has 0 saturated carbocycles. The Labute approximate surface area is 117 Å². The van der Waals surface area contributed by atoms with Gasteiger partial charge in [0.2, 0.25) is 0 Å². The van der Waals surface area contributed by atoms with Gasteiger partial charge < -0.3 is 14.3 Å². The van der Waals surface area contributed by atoms with Crippen LogP contribution in [0.15, 0.2) is 27.3 Å². The molecule has 2 rings (SSSR count). The van der Waals surface area contributed by atoms with E-state index in [1.54, 1.807) is 18.3 Å². The number of urea groups is 1. The number of nitrogens with one attached hydrogen (secondary N) is 2. The van der Waals surface area contributed by atoms with E-state index in [0.717, 1.165) is 6.92 Å². The van der Waals surface area contributed by atoms with Crippen molar-refractivity contribution in [1.82, 2.24) is 10.5 Å². The average molecular weight is 303 g/mol. The van der Waals surface area contributed by atoms with E-state index >= 15 is 0 Å². The Balaban J connectivity index is 2.00. The van der Waals surface area contributed by atoms with Crippen LogP contribution in [0.2, 0.25) is 0 Å². The Hall–Kier alpha value is -2.45. The van der Waals surface area contributed by atoms with Crippen molar-refractivity contribution in [2.24, 2.45) is 0 Å². The third-order valence-corrected chi connectivity index (χ3v) is 2.71. The molecule has 0 spiro atoms. The molecule has 2 aromatic heterocycles. The Morgan fingerprint density at radius 1 is 1.43 bits per heavy atom. The van der Waals surface area contributed by atoms with Crippen LogP contribution in [0.4, 0.5) is 23.8 Å². The molecule has 0 unspecified atom stereocenters. The zero-order valence-electron chi connectivity index (χ0n) is 11.1. The molecule has 2 amide bonds. The second-order valence-electron chi connectivity index (χ2n) is 4.33. The number of hydrogen-bond acceptors (Lipinski definition) is 4. The molecule has 0 aromatic carbocycles. The predicted octanol–water partition coefficient (Wildman–Crippen LogP) is 3.32. The first kappa shape index (κ1) is 14.9. The molecule has 0 aliphatic heterocycles. The molecule has 0 saturated heterocycles. The molecule has 9 heteroatoms. The summed E-state index contributed by atoms with van der Waals surface area (Å²) in [7, 11) is 0. The maximum atomic E-state index is 12.3. The van der Waals surface area contributed by atoms with Gasteiger partial charge in [-0.1, -0.05) is 5.16 Å². The van der Waals surface area contributed by atoms with Gasteiger partial charge in [0.05, 0.1) is 11.8 Å². The fourth-order valence-electron chi connectivity index (χ4n) is 1.53. The van der Waals surface area contributed by atoms with E-state index < -0.39 is 18.2 Å². The number of furan rings is 1. The van der Waals surface area contributed by atoms with Crippen molar-refractivity contribution >= 4 is 11.8 Å². The molecule has 0 aliphatic rings. The van der Waals surface area contributed by atoms with E-state index in [2.05, 4.69) is 10.5 Å². The number of carbonyl (C=O) groups excluding carboxylic acids is 1. The van der Waals surface area contributed by atoms with Crippen molar-refractivity contribution in [2.75, 3.05) is 5.32 Å². The number of anilines is 1. The van der Waals surface area contributed by atoms with Crippen LogP contribution in [0.5, 0.6) is 0 Å². The van der Waals surface area contributed by atoms with Gasteiger partial charge in [0, 0.05) is 6.07 Å². The van der Waals surface area contributed by atoms with Crippen molar-refractivity contribution in [3.63, 3.8) is 0 Å². The first-order valence-electron chi connectivity index (χ1n) is 5.93. The molecule has 2 aromatic rings. The van der Waals surface area contributed by atoms with Crippen LogP contribution in [0.1, 0.15) is 12.7 Å². The quantitative estimate of drug-likeness (QED) is 0.911. The smallest absolute Gasteiger partial charge is 0.408 e. The first-order chi connectivity index (χ1) is 9.77. The molecule has 0 aliphatic carbocycles. The summed E-state index contributed by atoms with van der Waals surface area (Å²) in [4.78, 5) is 11.4. The number of alkyl halides is 3. The molecular formula is C12H12F3N3O3. The standard InChI is InChI=1S/C12H12F3N3O3/c1-6-8(3-4-20-6)9-5-10(18-21-9)17-11(19)16-7(2)12(13,14)15/h3-5,7H,1-2H3,(H2,16,17,18,19)/t7-/m1/s1. The summed E-state index contributed by atoms with van der Waals surface area (Å²) < 4.78 is 47.0. The lowest BCUT2D eigenvalue weighted by atomic mass is 10.2. The van der Waals surface area contributed by atoms with Crippen molar-refractivity contribution < 1.29 is 26.9 Å². The van der Waals surface area contributed by atoms with Crippen LogP contribution in [0, 0.1) is 6.92 Å². The number of amides is 2. The number of rotatable bonds is 3. The largest absolute Gasteiger partial charge is 0.469 e. The summed E-state index contributed by atoms with van der Waals surface area (Å²) >= 11 is 0. The van der Waals surface area contributed by atoms with E-state index in [1.165, 1.54) is 12.3 Å². The number of aromatic nitrogens is 1. The first-order valence-corrected chi connectivity index (χ1v) is 5.93. The molecular weight excluding hydrogens is 291 g/mol. The number of nitrogens with zero attached hydrogens (tertiary/aromatic N) is 1. The van der Waals surface area contributed by atoms with Gasteiger partial charge in [-0.25, -0.2) is 4.79 Å². The normalized spacial score (nSPS) is 13.0. The number of hydrogen-bond donors (Lipinski definition) is 2. The van der Waals surface area contributed by atoms with Gasteiger partial charge in [-0.2, -0.15) is 13.2 Å². The van der Waals surface area contributed by atoms with Gasteiger partial charge >= 0.3 is 12.2 Å².